The van der Waals surface area contributed by atoms with Crippen molar-refractivity contribution in [3.63, 3.8) is 0 Å². The first kappa shape index (κ1) is 39.8. The van der Waals surface area contributed by atoms with E-state index in [1.54, 1.807) is 94.1 Å². The number of hydrogen-bond acceptors (Lipinski definition) is 9. The summed E-state index contributed by atoms with van der Waals surface area (Å²) in [6.45, 7) is 11.6. The summed E-state index contributed by atoms with van der Waals surface area (Å²) >= 11 is 2.52. The zero-order valence-corrected chi connectivity index (χ0v) is 32.7. The van der Waals surface area contributed by atoms with E-state index in [9.17, 15) is 24.0 Å². The lowest BCUT2D eigenvalue weighted by atomic mass is 10.0. The molecule has 3 aromatic carbocycles. The van der Waals surface area contributed by atoms with Crippen molar-refractivity contribution in [2.24, 2.45) is 0 Å². The molecule has 0 radical (unpaired) electrons. The normalized spacial score (nSPS) is 13.3. The van der Waals surface area contributed by atoms with E-state index in [2.05, 4.69) is 16.0 Å². The maximum absolute atomic E-state index is 13.6. The van der Waals surface area contributed by atoms with Crippen LogP contribution in [0.3, 0.4) is 0 Å². The van der Waals surface area contributed by atoms with Crippen LogP contribution in [0.15, 0.2) is 89.5 Å². The van der Waals surface area contributed by atoms with Crippen molar-refractivity contribution in [3.8, 4) is 0 Å². The highest BCUT2D eigenvalue weighted by atomic mass is 32.2. The zero-order chi connectivity index (χ0) is 39.0. The summed E-state index contributed by atoms with van der Waals surface area (Å²) in [5.74, 6) is -1.82. The molecular weight excluding hydrogens is 725 g/mol. The topological polar surface area (TPSA) is 143 Å². The van der Waals surface area contributed by atoms with Gasteiger partial charge in [0.05, 0.1) is 24.0 Å². The predicted octanol–water partition coefficient (Wildman–Crippen LogP) is 8.06. The highest BCUT2D eigenvalue weighted by molar-refractivity contribution is 8.00. The molecule has 5 rings (SSSR count). The number of rotatable bonds is 11. The van der Waals surface area contributed by atoms with E-state index in [4.69, 9.17) is 9.47 Å². The Morgan fingerprint density at radius 1 is 0.963 bits per heavy atom. The summed E-state index contributed by atoms with van der Waals surface area (Å²) in [5, 5.41) is 8.33. The Kier molecular flexibility index (Phi) is 13.0. The maximum atomic E-state index is 13.6. The molecule has 3 N–H and O–H groups in total. The molecule has 1 aliphatic heterocycles. The smallest absolute Gasteiger partial charge is 0.410 e. The number of carbonyl (C=O) groups is 5. The molecule has 0 saturated carbocycles. The summed E-state index contributed by atoms with van der Waals surface area (Å²) < 4.78 is 10.9. The SMILES string of the molecule is CCOC(=O)c1c(NC(=O)C(C)Sc2cccc(NC(=O)/C(=C\c3cccc(C)c3)NC(=O)c3ccccc3)c2)sc2c1CCN(C(=O)OC(C)(C)C)C2. The van der Waals surface area contributed by atoms with Gasteiger partial charge in [-0.1, -0.05) is 54.1 Å². The number of carbonyl (C=O) groups excluding carboxylic acids is 5. The lowest BCUT2D eigenvalue weighted by Crippen LogP contribution is -2.39. The van der Waals surface area contributed by atoms with E-state index in [0.29, 0.717) is 39.7 Å². The number of esters is 1. The number of thioether (sulfide) groups is 1. The van der Waals surface area contributed by atoms with Crippen LogP contribution in [0.1, 0.15) is 76.9 Å². The minimum absolute atomic E-state index is 0.0607. The van der Waals surface area contributed by atoms with Crippen molar-refractivity contribution >= 4 is 69.6 Å². The maximum Gasteiger partial charge on any atom is 0.410 e. The molecule has 1 aromatic heterocycles. The van der Waals surface area contributed by atoms with Crippen LogP contribution in [0.25, 0.3) is 6.08 Å². The first-order chi connectivity index (χ1) is 25.7. The number of amides is 4. The number of nitrogens with one attached hydrogen (secondary N) is 3. The Balaban J connectivity index is 1.29. The van der Waals surface area contributed by atoms with Gasteiger partial charge < -0.3 is 30.3 Å². The van der Waals surface area contributed by atoms with Gasteiger partial charge in [0, 0.05) is 27.6 Å². The molecule has 13 heteroatoms. The van der Waals surface area contributed by atoms with Crippen LogP contribution in [-0.2, 0) is 32.0 Å². The second-order valence-electron chi connectivity index (χ2n) is 13.6. The van der Waals surface area contributed by atoms with E-state index < -0.39 is 34.7 Å². The van der Waals surface area contributed by atoms with Crippen LogP contribution in [-0.4, -0.2) is 58.7 Å². The number of nitrogens with zero attached hydrogens (tertiary/aromatic N) is 1. The molecule has 0 bridgehead atoms. The van der Waals surface area contributed by atoms with Gasteiger partial charge in [-0.05, 0) is 95.5 Å². The molecule has 1 aliphatic rings. The van der Waals surface area contributed by atoms with E-state index in [1.165, 1.54) is 23.1 Å². The number of anilines is 2. The van der Waals surface area contributed by atoms with Crippen molar-refractivity contribution < 1.29 is 33.4 Å². The molecular formula is C41H44N4O7S2. The third kappa shape index (κ3) is 10.6. The Morgan fingerprint density at radius 2 is 1.70 bits per heavy atom. The first-order valence-electron chi connectivity index (χ1n) is 17.5. The number of benzene rings is 3. The third-order valence-electron chi connectivity index (χ3n) is 8.08. The molecule has 282 valence electrons. The fraction of sp³-hybridized carbons (Fsp3) is 0.293. The van der Waals surface area contributed by atoms with Gasteiger partial charge in [0.15, 0.2) is 0 Å². The fourth-order valence-corrected chi connectivity index (χ4v) is 7.76. The van der Waals surface area contributed by atoms with E-state index >= 15 is 0 Å². The summed E-state index contributed by atoms with van der Waals surface area (Å²) in [6, 6.07) is 23.3. The van der Waals surface area contributed by atoms with Gasteiger partial charge in [-0.3, -0.25) is 14.4 Å². The number of thiophene rings is 1. The molecule has 0 aliphatic carbocycles. The quantitative estimate of drug-likeness (QED) is 0.0791. The molecule has 0 saturated heterocycles. The highest BCUT2D eigenvalue weighted by Gasteiger charge is 2.33. The Labute approximate surface area is 323 Å². The third-order valence-corrected chi connectivity index (χ3v) is 10.3. The molecule has 54 heavy (non-hydrogen) atoms. The fourth-order valence-electron chi connectivity index (χ4n) is 5.58. The molecule has 4 aromatic rings. The average molecular weight is 769 g/mol. The van der Waals surface area contributed by atoms with Crippen molar-refractivity contribution in [1.82, 2.24) is 10.2 Å². The van der Waals surface area contributed by atoms with Gasteiger partial charge in [0.1, 0.15) is 16.3 Å². The van der Waals surface area contributed by atoms with Gasteiger partial charge in [-0.15, -0.1) is 23.1 Å². The lowest BCUT2D eigenvalue weighted by molar-refractivity contribution is -0.115. The molecule has 0 spiro atoms. The van der Waals surface area contributed by atoms with Crippen molar-refractivity contribution in [2.75, 3.05) is 23.8 Å². The van der Waals surface area contributed by atoms with Crippen LogP contribution in [0.2, 0.25) is 0 Å². The van der Waals surface area contributed by atoms with Crippen LogP contribution >= 0.6 is 23.1 Å². The van der Waals surface area contributed by atoms with Crippen LogP contribution in [0, 0.1) is 6.92 Å². The van der Waals surface area contributed by atoms with E-state index in [0.717, 1.165) is 21.6 Å². The lowest BCUT2D eigenvalue weighted by Gasteiger charge is -2.30. The average Bonchev–Trinajstić information content (AvgIpc) is 3.48. The molecule has 2 heterocycles. The summed E-state index contributed by atoms with van der Waals surface area (Å²) in [4.78, 5) is 69.3. The van der Waals surface area contributed by atoms with Crippen molar-refractivity contribution in [2.45, 2.75) is 70.3 Å². The second kappa shape index (κ2) is 17.6. The van der Waals surface area contributed by atoms with Crippen molar-refractivity contribution in [3.05, 3.63) is 117 Å². The Hall–Kier alpha value is -5.40. The number of fused-ring (bicyclic) bond motifs is 1. The van der Waals surface area contributed by atoms with Crippen LogP contribution in [0.5, 0.6) is 0 Å². The van der Waals surface area contributed by atoms with Gasteiger partial charge in [-0.25, -0.2) is 9.59 Å². The van der Waals surface area contributed by atoms with Gasteiger partial charge in [-0.2, -0.15) is 0 Å². The largest absolute Gasteiger partial charge is 0.462 e. The number of ether oxygens (including phenoxy) is 2. The van der Waals surface area contributed by atoms with Gasteiger partial charge in [0.2, 0.25) is 5.91 Å². The molecule has 11 nitrogen and oxygen atoms in total. The molecule has 0 fully saturated rings. The van der Waals surface area contributed by atoms with Crippen LogP contribution in [0.4, 0.5) is 15.5 Å². The van der Waals surface area contributed by atoms with Crippen molar-refractivity contribution in [1.29, 1.82) is 0 Å². The summed E-state index contributed by atoms with van der Waals surface area (Å²) in [6.07, 6.45) is 1.59. The minimum atomic E-state index is -0.650. The first-order valence-corrected chi connectivity index (χ1v) is 19.2. The number of aryl methyl sites for hydroxylation is 1. The number of hydrogen-bond donors (Lipinski definition) is 3. The van der Waals surface area contributed by atoms with Gasteiger partial charge >= 0.3 is 12.1 Å². The summed E-state index contributed by atoms with van der Waals surface area (Å²) in [7, 11) is 0. The van der Waals surface area contributed by atoms with Gasteiger partial charge in [0.25, 0.3) is 11.8 Å². The molecule has 4 amide bonds. The standard InChI is InChI=1S/C41H44N4O7S2/c1-7-51-39(49)34-31-19-20-45(40(50)52-41(4,5)6)24-33(31)54-38(34)44-35(46)26(3)53-30-18-12-17-29(23-30)42-37(48)32(22-27-14-11-13-25(2)21-27)43-36(47)28-15-9-8-10-16-28/h8-18,21-23,26H,7,19-20,24H2,1-6H3,(H,42,48)(H,43,47)(H,44,46)/b32-22+. The minimum Gasteiger partial charge on any atom is -0.462 e. The zero-order valence-electron chi connectivity index (χ0n) is 31.1. The monoisotopic (exact) mass is 768 g/mol. The molecule has 1 unspecified atom stereocenters. The predicted molar refractivity (Wildman–Crippen MR) is 213 cm³/mol. The van der Waals surface area contributed by atoms with Crippen LogP contribution < -0.4 is 16.0 Å². The molecule has 1 atom stereocenters. The Bertz CT molecular complexity index is 2070. The van der Waals surface area contributed by atoms with E-state index in [1.807, 2.05) is 37.3 Å². The van der Waals surface area contributed by atoms with E-state index in [-0.39, 0.29) is 24.8 Å². The highest BCUT2D eigenvalue weighted by Crippen LogP contribution is 2.39. The Morgan fingerprint density at radius 3 is 2.41 bits per heavy atom. The second-order valence-corrected chi connectivity index (χ2v) is 16.1. The summed E-state index contributed by atoms with van der Waals surface area (Å²) in [5.41, 5.74) is 3.10.